The van der Waals surface area contributed by atoms with Crippen LogP contribution in [0.2, 0.25) is 0 Å². The summed E-state index contributed by atoms with van der Waals surface area (Å²) in [5, 5.41) is 0.569. The molecule has 0 saturated heterocycles. The quantitative estimate of drug-likeness (QED) is 0.760. The van der Waals surface area contributed by atoms with Crippen molar-refractivity contribution >= 4 is 17.4 Å². The molecule has 15 heavy (non-hydrogen) atoms. The Kier molecular flexibility index (Phi) is 5.03. The predicted octanol–water partition coefficient (Wildman–Crippen LogP) is 4.11. The highest BCUT2D eigenvalue weighted by Crippen LogP contribution is 2.30. The summed E-state index contributed by atoms with van der Waals surface area (Å²) in [5.41, 5.74) is 7.88. The Morgan fingerprint density at radius 1 is 1.20 bits per heavy atom. The largest absolute Gasteiger partial charge is 0.399 e. The molecule has 2 atom stereocenters. The van der Waals surface area contributed by atoms with E-state index in [1.807, 2.05) is 23.9 Å². The third-order valence-corrected chi connectivity index (χ3v) is 4.27. The molecule has 1 nitrogen and oxygen atoms in total. The monoisotopic (exact) mass is 223 g/mol. The van der Waals surface area contributed by atoms with Crippen molar-refractivity contribution < 1.29 is 0 Å². The summed E-state index contributed by atoms with van der Waals surface area (Å²) in [4.78, 5) is 0. The van der Waals surface area contributed by atoms with Crippen molar-refractivity contribution in [2.75, 3.05) is 11.5 Å². The van der Waals surface area contributed by atoms with E-state index in [-0.39, 0.29) is 0 Å². The maximum atomic E-state index is 5.66. The lowest BCUT2D eigenvalue weighted by atomic mass is 10.1. The topological polar surface area (TPSA) is 26.0 Å². The summed E-state index contributed by atoms with van der Waals surface area (Å²) in [5.74, 6) is 2.05. The number of nitrogen functional groups attached to an aromatic ring is 1. The Morgan fingerprint density at radius 2 is 1.80 bits per heavy atom. The number of anilines is 1. The average Bonchev–Trinajstić information content (AvgIpc) is 2.26. The fourth-order valence-electron chi connectivity index (χ4n) is 1.29. The number of nitrogens with two attached hydrogens (primary N) is 1. The molecule has 0 fully saturated rings. The van der Waals surface area contributed by atoms with Gasteiger partial charge in [-0.1, -0.05) is 32.4 Å². The second kappa shape index (κ2) is 6.06. The van der Waals surface area contributed by atoms with Gasteiger partial charge in [0.2, 0.25) is 0 Å². The molecule has 0 bridgehead atoms. The molecule has 0 amide bonds. The maximum absolute atomic E-state index is 5.66. The van der Waals surface area contributed by atoms with Gasteiger partial charge in [-0.05, 0) is 36.3 Å². The molecule has 0 aliphatic carbocycles. The molecule has 0 heterocycles. The first-order valence-corrected chi connectivity index (χ1v) is 6.65. The predicted molar refractivity (Wildman–Crippen MR) is 71.2 cm³/mol. The molecule has 0 spiro atoms. The van der Waals surface area contributed by atoms with Crippen molar-refractivity contribution in [3.8, 4) is 0 Å². The third kappa shape index (κ3) is 4.17. The van der Waals surface area contributed by atoms with Crippen molar-refractivity contribution in [3.05, 3.63) is 29.8 Å². The fraction of sp³-hybridized carbons (Fsp3) is 0.538. The van der Waals surface area contributed by atoms with Gasteiger partial charge in [0.15, 0.2) is 0 Å². The van der Waals surface area contributed by atoms with Gasteiger partial charge in [0.05, 0.1) is 0 Å². The van der Waals surface area contributed by atoms with Gasteiger partial charge < -0.3 is 5.73 Å². The van der Waals surface area contributed by atoms with Crippen LogP contribution in [-0.2, 0) is 0 Å². The molecule has 2 unspecified atom stereocenters. The van der Waals surface area contributed by atoms with Crippen LogP contribution in [0.25, 0.3) is 0 Å². The maximum Gasteiger partial charge on any atom is 0.0314 e. The van der Waals surface area contributed by atoms with Gasteiger partial charge in [0.1, 0.15) is 0 Å². The summed E-state index contributed by atoms with van der Waals surface area (Å²) in [6.45, 7) is 6.82. The molecular formula is C13H21NS. The second-order valence-electron chi connectivity index (χ2n) is 4.16. The highest BCUT2D eigenvalue weighted by molar-refractivity contribution is 7.99. The molecule has 0 saturated carbocycles. The first-order valence-electron chi connectivity index (χ1n) is 5.60. The van der Waals surface area contributed by atoms with E-state index < -0.39 is 0 Å². The molecule has 0 radical (unpaired) electrons. The van der Waals surface area contributed by atoms with Crippen LogP contribution >= 0.6 is 11.8 Å². The molecule has 2 N–H and O–H groups in total. The lowest BCUT2D eigenvalue weighted by Gasteiger charge is -2.14. The van der Waals surface area contributed by atoms with E-state index >= 15 is 0 Å². The van der Waals surface area contributed by atoms with Crippen LogP contribution in [0.1, 0.15) is 38.0 Å². The van der Waals surface area contributed by atoms with Gasteiger partial charge in [-0.2, -0.15) is 11.8 Å². The minimum absolute atomic E-state index is 0.569. The van der Waals surface area contributed by atoms with Crippen LogP contribution in [0.4, 0.5) is 5.69 Å². The number of benzene rings is 1. The van der Waals surface area contributed by atoms with E-state index in [0.29, 0.717) is 5.25 Å². The molecular weight excluding hydrogens is 202 g/mol. The number of hydrogen-bond donors (Lipinski definition) is 1. The van der Waals surface area contributed by atoms with E-state index in [9.17, 15) is 0 Å². The van der Waals surface area contributed by atoms with E-state index in [1.165, 1.54) is 17.7 Å². The van der Waals surface area contributed by atoms with E-state index in [4.69, 9.17) is 5.73 Å². The Morgan fingerprint density at radius 3 is 2.33 bits per heavy atom. The van der Waals surface area contributed by atoms with Crippen LogP contribution < -0.4 is 5.73 Å². The number of thioether (sulfide) groups is 1. The van der Waals surface area contributed by atoms with Crippen molar-refractivity contribution in [1.82, 2.24) is 0 Å². The SMILES string of the molecule is CCC(C)CSC(C)c1ccc(N)cc1. The summed E-state index contributed by atoms with van der Waals surface area (Å²) < 4.78 is 0. The normalized spacial score (nSPS) is 14.9. The molecule has 1 aromatic carbocycles. The summed E-state index contributed by atoms with van der Waals surface area (Å²) >= 11 is 2.03. The van der Waals surface area contributed by atoms with Gasteiger partial charge in [-0.25, -0.2) is 0 Å². The van der Waals surface area contributed by atoms with Gasteiger partial charge in [0, 0.05) is 10.9 Å². The molecule has 0 aliphatic rings. The van der Waals surface area contributed by atoms with Crippen LogP contribution in [0, 0.1) is 5.92 Å². The van der Waals surface area contributed by atoms with Crippen molar-refractivity contribution in [1.29, 1.82) is 0 Å². The Bertz CT molecular complexity index is 281. The molecule has 0 aromatic heterocycles. The Labute approximate surface area is 97.4 Å². The molecule has 2 heteroatoms. The second-order valence-corrected chi connectivity index (χ2v) is 5.53. The average molecular weight is 223 g/mol. The van der Waals surface area contributed by atoms with E-state index in [0.717, 1.165) is 11.6 Å². The summed E-state index contributed by atoms with van der Waals surface area (Å²) in [7, 11) is 0. The fourth-order valence-corrected chi connectivity index (χ4v) is 2.49. The highest BCUT2D eigenvalue weighted by Gasteiger charge is 2.07. The van der Waals surface area contributed by atoms with Gasteiger partial charge in [-0.3, -0.25) is 0 Å². The van der Waals surface area contributed by atoms with Crippen LogP contribution in [0.3, 0.4) is 0 Å². The van der Waals surface area contributed by atoms with Crippen LogP contribution in [0.5, 0.6) is 0 Å². The van der Waals surface area contributed by atoms with Crippen molar-refractivity contribution in [2.24, 2.45) is 5.92 Å². The molecule has 1 rings (SSSR count). The first kappa shape index (κ1) is 12.4. The zero-order valence-electron chi connectivity index (χ0n) is 9.86. The standard InChI is InChI=1S/C13H21NS/c1-4-10(2)9-15-11(3)12-5-7-13(14)8-6-12/h5-8,10-11H,4,9,14H2,1-3H3. The van der Waals surface area contributed by atoms with Gasteiger partial charge >= 0.3 is 0 Å². The summed E-state index contributed by atoms with van der Waals surface area (Å²) in [6, 6.07) is 8.22. The van der Waals surface area contributed by atoms with Gasteiger partial charge in [-0.15, -0.1) is 0 Å². The molecule has 84 valence electrons. The van der Waals surface area contributed by atoms with Crippen LogP contribution in [-0.4, -0.2) is 5.75 Å². The molecule has 0 aliphatic heterocycles. The molecule has 1 aromatic rings. The summed E-state index contributed by atoms with van der Waals surface area (Å²) in [6.07, 6.45) is 1.27. The van der Waals surface area contributed by atoms with E-state index in [2.05, 4.69) is 32.9 Å². The third-order valence-electron chi connectivity index (χ3n) is 2.73. The van der Waals surface area contributed by atoms with Crippen molar-refractivity contribution in [3.63, 3.8) is 0 Å². The first-order chi connectivity index (χ1) is 7.13. The zero-order chi connectivity index (χ0) is 11.3. The zero-order valence-corrected chi connectivity index (χ0v) is 10.7. The lowest BCUT2D eigenvalue weighted by Crippen LogP contribution is -1.98. The van der Waals surface area contributed by atoms with Gasteiger partial charge in [0.25, 0.3) is 0 Å². The Hall–Kier alpha value is -0.630. The minimum Gasteiger partial charge on any atom is -0.399 e. The smallest absolute Gasteiger partial charge is 0.0314 e. The van der Waals surface area contributed by atoms with Crippen LogP contribution in [0.15, 0.2) is 24.3 Å². The highest BCUT2D eigenvalue weighted by atomic mass is 32.2. The number of rotatable bonds is 5. The lowest BCUT2D eigenvalue weighted by molar-refractivity contribution is 0.636. The van der Waals surface area contributed by atoms with E-state index in [1.54, 1.807) is 0 Å². The Balaban J connectivity index is 2.46. The minimum atomic E-state index is 0.569. The number of hydrogen-bond acceptors (Lipinski definition) is 2. The van der Waals surface area contributed by atoms with Crippen molar-refractivity contribution in [2.45, 2.75) is 32.4 Å².